The normalized spacial score (nSPS) is 15.7. The van der Waals surface area contributed by atoms with Crippen molar-refractivity contribution in [2.24, 2.45) is 10.9 Å². The minimum atomic E-state index is -1.15. The Balaban J connectivity index is 1.49. The van der Waals surface area contributed by atoms with Gasteiger partial charge in [0.2, 0.25) is 0 Å². The van der Waals surface area contributed by atoms with E-state index in [1.165, 1.54) is 42.7 Å². The fourth-order valence-electron chi connectivity index (χ4n) is 4.95. The van der Waals surface area contributed by atoms with Gasteiger partial charge in [-0.3, -0.25) is 34.5 Å². The summed E-state index contributed by atoms with van der Waals surface area (Å²) in [5, 5.41) is 26.6. The molecule has 2 aromatic carbocycles. The molecule has 2 heterocycles. The molecule has 3 aromatic rings. The number of nitro benzene ring substituents is 1. The third-order valence-corrected chi connectivity index (χ3v) is 7.07. The number of benzene rings is 2. The fraction of sp³-hybridized carbons (Fsp3) is 0.250. The van der Waals surface area contributed by atoms with Crippen molar-refractivity contribution in [3.05, 3.63) is 111 Å². The van der Waals surface area contributed by atoms with Crippen LogP contribution < -0.4 is 10.6 Å². The molecule has 1 unspecified atom stereocenters. The number of phenolic OH excluding ortho intramolecular Hbond substituents is 1. The summed E-state index contributed by atoms with van der Waals surface area (Å²) in [6.45, 7) is 2.58. The van der Waals surface area contributed by atoms with Gasteiger partial charge in [-0.25, -0.2) is 4.79 Å². The monoisotopic (exact) mass is 629 g/mol. The minimum Gasteiger partial charge on any atom is -0.507 e. The molecule has 0 saturated carbocycles. The highest BCUT2D eigenvalue weighted by atomic mass is 16.6. The molecule has 14 heteroatoms. The van der Waals surface area contributed by atoms with E-state index in [4.69, 9.17) is 9.47 Å². The Morgan fingerprint density at radius 3 is 2.35 bits per heavy atom. The number of nitrogens with one attached hydrogen (secondary N) is 2. The van der Waals surface area contributed by atoms with E-state index in [-0.39, 0.29) is 60.1 Å². The molecule has 46 heavy (non-hydrogen) atoms. The minimum absolute atomic E-state index is 0.00930. The van der Waals surface area contributed by atoms with Gasteiger partial charge in [0.15, 0.2) is 0 Å². The van der Waals surface area contributed by atoms with Gasteiger partial charge >= 0.3 is 11.9 Å². The standard InChI is InChI=1S/C32H31N5O9/c1-19-26(31(41)45-15-13-34-29(39)22-8-6-12-33-18-22)28(21-7-5-9-23(17-21)37(43)44)27(20(2)36-19)32(42)46-16-14-35-30(40)24-10-3-4-11-25(24)38/h3-12,17-18,26,28,38H,13-16H2,1-2H3,(H,34,39)(H,35,40)/t26?,28-/m1/s1. The van der Waals surface area contributed by atoms with Crippen molar-refractivity contribution in [2.45, 2.75) is 19.8 Å². The number of para-hydroxylation sites is 1. The van der Waals surface area contributed by atoms with Gasteiger partial charge < -0.3 is 25.2 Å². The first-order valence-electron chi connectivity index (χ1n) is 14.2. The second-order valence-corrected chi connectivity index (χ2v) is 10.1. The molecule has 3 N–H and O–H groups in total. The lowest BCUT2D eigenvalue weighted by molar-refractivity contribution is -0.384. The lowest BCUT2D eigenvalue weighted by atomic mass is 9.75. The van der Waals surface area contributed by atoms with E-state index >= 15 is 0 Å². The Labute approximate surface area is 263 Å². The number of aromatic nitrogens is 1. The van der Waals surface area contributed by atoms with Crippen LogP contribution in [0, 0.1) is 16.0 Å². The first kappa shape index (κ1) is 33.0. The molecule has 14 nitrogen and oxygen atoms in total. The van der Waals surface area contributed by atoms with Gasteiger partial charge in [0.1, 0.15) is 24.9 Å². The van der Waals surface area contributed by atoms with Crippen LogP contribution in [0.25, 0.3) is 0 Å². The van der Waals surface area contributed by atoms with Crippen molar-refractivity contribution >= 4 is 35.2 Å². The Bertz CT molecular complexity index is 1700. The number of esters is 2. The summed E-state index contributed by atoms with van der Waals surface area (Å²) in [7, 11) is 0. The molecule has 2 atom stereocenters. The molecule has 238 valence electrons. The van der Waals surface area contributed by atoms with E-state index in [0.29, 0.717) is 11.3 Å². The fourth-order valence-corrected chi connectivity index (χ4v) is 4.95. The van der Waals surface area contributed by atoms with Crippen LogP contribution in [0.5, 0.6) is 5.75 Å². The lowest BCUT2D eigenvalue weighted by Gasteiger charge is -2.31. The summed E-state index contributed by atoms with van der Waals surface area (Å²) in [4.78, 5) is 71.0. The van der Waals surface area contributed by atoms with Gasteiger partial charge in [0, 0.05) is 41.9 Å². The predicted octanol–water partition coefficient (Wildman–Crippen LogP) is 3.09. The van der Waals surface area contributed by atoms with Gasteiger partial charge in [0.25, 0.3) is 17.5 Å². The van der Waals surface area contributed by atoms with Crippen molar-refractivity contribution in [3.63, 3.8) is 0 Å². The topological polar surface area (TPSA) is 199 Å². The molecule has 4 rings (SSSR count). The number of nitro groups is 1. The van der Waals surface area contributed by atoms with Crippen molar-refractivity contribution in [2.75, 3.05) is 26.3 Å². The third-order valence-electron chi connectivity index (χ3n) is 7.07. The Morgan fingerprint density at radius 2 is 1.65 bits per heavy atom. The van der Waals surface area contributed by atoms with Gasteiger partial charge in [-0.2, -0.15) is 0 Å². The summed E-state index contributed by atoms with van der Waals surface area (Å²) < 4.78 is 10.9. The van der Waals surface area contributed by atoms with Crippen molar-refractivity contribution in [1.82, 2.24) is 15.6 Å². The number of allylic oxidation sites excluding steroid dienone is 1. The Morgan fingerprint density at radius 1 is 0.935 bits per heavy atom. The summed E-state index contributed by atoms with van der Waals surface area (Å²) in [5.41, 5.74) is 0.957. The highest BCUT2D eigenvalue weighted by Gasteiger charge is 2.43. The summed E-state index contributed by atoms with van der Waals surface area (Å²) >= 11 is 0. The average molecular weight is 630 g/mol. The number of pyridine rings is 1. The smallest absolute Gasteiger partial charge is 0.336 e. The van der Waals surface area contributed by atoms with E-state index in [1.54, 1.807) is 44.2 Å². The lowest BCUT2D eigenvalue weighted by Crippen LogP contribution is -2.38. The number of hydrogen-bond donors (Lipinski definition) is 3. The second kappa shape index (κ2) is 15.2. The number of carbonyl (C=O) groups excluding carboxylic acids is 4. The van der Waals surface area contributed by atoms with E-state index in [2.05, 4.69) is 20.6 Å². The average Bonchev–Trinajstić information content (AvgIpc) is 3.05. The van der Waals surface area contributed by atoms with Crippen LogP contribution in [0.1, 0.15) is 46.0 Å². The molecular formula is C32H31N5O9. The summed E-state index contributed by atoms with van der Waals surface area (Å²) in [6.07, 6.45) is 2.92. The molecule has 1 aliphatic heterocycles. The maximum atomic E-state index is 13.5. The van der Waals surface area contributed by atoms with Crippen LogP contribution in [0.4, 0.5) is 5.69 Å². The van der Waals surface area contributed by atoms with Crippen molar-refractivity contribution in [1.29, 1.82) is 0 Å². The number of nitrogens with zero attached hydrogens (tertiary/aromatic N) is 3. The van der Waals surface area contributed by atoms with E-state index in [9.17, 15) is 34.4 Å². The number of carbonyl (C=O) groups is 4. The van der Waals surface area contributed by atoms with Crippen molar-refractivity contribution in [3.8, 4) is 5.75 Å². The molecule has 0 saturated heterocycles. The highest BCUT2D eigenvalue weighted by molar-refractivity contribution is 6.07. The molecule has 0 aliphatic carbocycles. The van der Waals surface area contributed by atoms with Gasteiger partial charge in [-0.15, -0.1) is 0 Å². The summed E-state index contributed by atoms with van der Waals surface area (Å²) in [6, 6.07) is 14.7. The molecule has 1 aliphatic rings. The van der Waals surface area contributed by atoms with Gasteiger partial charge in [-0.1, -0.05) is 24.3 Å². The maximum absolute atomic E-state index is 13.5. The second-order valence-electron chi connectivity index (χ2n) is 10.1. The van der Waals surface area contributed by atoms with E-state index in [0.717, 1.165) is 0 Å². The molecular weight excluding hydrogens is 598 g/mol. The molecule has 0 fully saturated rings. The van der Waals surface area contributed by atoms with Crippen LogP contribution in [0.15, 0.2) is 89.3 Å². The molecule has 0 radical (unpaired) electrons. The molecule has 1 aromatic heterocycles. The summed E-state index contributed by atoms with van der Waals surface area (Å²) in [5.74, 6) is -5.00. The maximum Gasteiger partial charge on any atom is 0.336 e. The first-order chi connectivity index (χ1) is 22.1. The van der Waals surface area contributed by atoms with Crippen molar-refractivity contribution < 1.29 is 38.7 Å². The number of ether oxygens (including phenoxy) is 2. The van der Waals surface area contributed by atoms with E-state index in [1.807, 2.05) is 0 Å². The zero-order chi connectivity index (χ0) is 33.2. The zero-order valence-electron chi connectivity index (χ0n) is 25.0. The van der Waals surface area contributed by atoms with Crippen LogP contribution in [0.3, 0.4) is 0 Å². The Kier molecular flexibility index (Phi) is 10.9. The molecule has 2 amide bonds. The number of amides is 2. The highest BCUT2D eigenvalue weighted by Crippen LogP contribution is 2.41. The van der Waals surface area contributed by atoms with Crippen LogP contribution in [-0.2, 0) is 19.1 Å². The number of rotatable bonds is 12. The molecule has 0 bridgehead atoms. The number of aliphatic imine (C=N–C) groups is 1. The SMILES string of the molecule is CC1=NC(C)=C(C(=O)OCCNC(=O)c2ccccc2O)[C@H](c2cccc([N+](=O)[O-])c2)C1C(=O)OCCNC(=O)c1cccnc1. The Hall–Kier alpha value is -5.92. The van der Waals surface area contributed by atoms with E-state index < -0.39 is 40.5 Å². The van der Waals surface area contributed by atoms with Gasteiger partial charge in [-0.05, 0) is 43.7 Å². The molecule has 0 spiro atoms. The van der Waals surface area contributed by atoms with Crippen LogP contribution in [0.2, 0.25) is 0 Å². The number of non-ortho nitro benzene ring substituents is 1. The van der Waals surface area contributed by atoms with Gasteiger partial charge in [0.05, 0.1) is 34.7 Å². The largest absolute Gasteiger partial charge is 0.507 e. The quantitative estimate of drug-likeness (QED) is 0.116. The number of phenols is 1. The van der Waals surface area contributed by atoms with Crippen LogP contribution in [-0.4, -0.2) is 70.8 Å². The number of hydrogen-bond acceptors (Lipinski definition) is 11. The van der Waals surface area contributed by atoms with Crippen LogP contribution >= 0.6 is 0 Å². The predicted molar refractivity (Wildman–Crippen MR) is 164 cm³/mol. The number of aromatic hydroxyl groups is 1. The third kappa shape index (κ3) is 7.96. The zero-order valence-corrected chi connectivity index (χ0v) is 25.0. The first-order valence-corrected chi connectivity index (χ1v) is 14.2.